The van der Waals surface area contributed by atoms with Crippen LogP contribution in [0.4, 0.5) is 0 Å². The van der Waals surface area contributed by atoms with Crippen LogP contribution < -0.4 is 4.74 Å². The summed E-state index contributed by atoms with van der Waals surface area (Å²) in [4.78, 5) is 23.5. The van der Waals surface area contributed by atoms with Crippen LogP contribution in [-0.4, -0.2) is 19.0 Å². The van der Waals surface area contributed by atoms with Gasteiger partial charge in [-0.05, 0) is 17.7 Å². The van der Waals surface area contributed by atoms with Gasteiger partial charge in [-0.1, -0.05) is 60.1 Å². The number of halogens is 2. The van der Waals surface area contributed by atoms with E-state index < -0.39 is 18.0 Å². The van der Waals surface area contributed by atoms with Crippen LogP contribution in [0.15, 0.2) is 54.6 Å². The first-order valence-electron chi connectivity index (χ1n) is 7.93. The summed E-state index contributed by atoms with van der Waals surface area (Å²) in [5, 5.41) is 0.500. The molecular weight excluding hydrogens is 391 g/mol. The molecule has 0 N–H and O–H groups in total. The molecule has 0 saturated heterocycles. The van der Waals surface area contributed by atoms with Gasteiger partial charge >= 0.3 is 11.9 Å². The van der Waals surface area contributed by atoms with Crippen molar-refractivity contribution in [1.29, 1.82) is 0 Å². The Kier molecular flexibility index (Phi) is 7.28. The van der Waals surface area contributed by atoms with Crippen LogP contribution >= 0.6 is 23.2 Å². The highest BCUT2D eigenvalue weighted by Gasteiger charge is 2.29. The Morgan fingerprint density at radius 3 is 2.41 bits per heavy atom. The highest BCUT2D eigenvalue weighted by molar-refractivity contribution is 6.35. The zero-order valence-electron chi connectivity index (χ0n) is 14.8. The van der Waals surface area contributed by atoms with Crippen molar-refractivity contribution in [2.45, 2.75) is 19.6 Å². The van der Waals surface area contributed by atoms with Crippen LogP contribution in [0.5, 0.6) is 5.75 Å². The summed E-state index contributed by atoms with van der Waals surface area (Å²) < 4.78 is 15.8. The SMILES string of the molecule is C=C(C(=O)OC)C(OC(C)=O)c1cc(Cl)cc(Cl)c1OCc1ccccc1. The van der Waals surface area contributed by atoms with Crippen molar-refractivity contribution in [3.05, 3.63) is 75.8 Å². The molecule has 1 atom stereocenters. The van der Waals surface area contributed by atoms with Gasteiger partial charge in [0, 0.05) is 17.5 Å². The third-order valence-corrected chi connectivity index (χ3v) is 4.09. The second-order valence-corrected chi connectivity index (χ2v) is 6.43. The molecule has 27 heavy (non-hydrogen) atoms. The second kappa shape index (κ2) is 9.44. The van der Waals surface area contributed by atoms with E-state index in [1.807, 2.05) is 30.3 Å². The molecule has 7 heteroatoms. The van der Waals surface area contributed by atoms with Gasteiger partial charge in [-0.3, -0.25) is 4.79 Å². The number of carbonyl (C=O) groups excluding carboxylic acids is 2. The number of methoxy groups -OCH3 is 1. The van der Waals surface area contributed by atoms with E-state index in [4.69, 9.17) is 32.7 Å². The van der Waals surface area contributed by atoms with Crippen LogP contribution in [0.1, 0.15) is 24.2 Å². The Hall–Kier alpha value is -2.50. The number of hydrogen-bond acceptors (Lipinski definition) is 5. The third kappa shape index (κ3) is 5.49. The molecule has 5 nitrogen and oxygen atoms in total. The van der Waals surface area contributed by atoms with Gasteiger partial charge in [0.15, 0.2) is 6.10 Å². The monoisotopic (exact) mass is 408 g/mol. The summed E-state index contributed by atoms with van der Waals surface area (Å²) in [6.45, 7) is 5.11. The number of rotatable bonds is 7. The van der Waals surface area contributed by atoms with Gasteiger partial charge in [0.05, 0.1) is 17.7 Å². The molecular formula is C20H18Cl2O5. The first kappa shape index (κ1) is 20.8. The quantitative estimate of drug-likeness (QED) is 0.481. The molecule has 0 spiro atoms. The lowest BCUT2D eigenvalue weighted by atomic mass is 10.0. The van der Waals surface area contributed by atoms with Gasteiger partial charge in [-0.25, -0.2) is 4.79 Å². The lowest BCUT2D eigenvalue weighted by molar-refractivity contribution is -0.147. The normalized spacial score (nSPS) is 11.4. The summed E-state index contributed by atoms with van der Waals surface area (Å²) in [5.41, 5.74) is 1.12. The Morgan fingerprint density at radius 2 is 1.81 bits per heavy atom. The van der Waals surface area contributed by atoms with Crippen LogP contribution in [0, 0.1) is 0 Å². The van der Waals surface area contributed by atoms with Crippen molar-refractivity contribution < 1.29 is 23.8 Å². The number of benzene rings is 2. The van der Waals surface area contributed by atoms with Crippen molar-refractivity contribution >= 4 is 35.1 Å². The van der Waals surface area contributed by atoms with Crippen molar-refractivity contribution in [1.82, 2.24) is 0 Å². The summed E-state index contributed by atoms with van der Waals surface area (Å²) in [6, 6.07) is 12.4. The first-order valence-corrected chi connectivity index (χ1v) is 8.69. The fraction of sp³-hybridized carbons (Fsp3) is 0.200. The van der Waals surface area contributed by atoms with E-state index in [1.165, 1.54) is 26.2 Å². The predicted molar refractivity (Wildman–Crippen MR) is 103 cm³/mol. The number of carbonyl (C=O) groups is 2. The van der Waals surface area contributed by atoms with E-state index in [2.05, 4.69) is 11.3 Å². The zero-order chi connectivity index (χ0) is 20.0. The lowest BCUT2D eigenvalue weighted by Gasteiger charge is -2.22. The molecule has 2 rings (SSSR count). The molecule has 2 aromatic rings. The van der Waals surface area contributed by atoms with E-state index in [0.29, 0.717) is 5.56 Å². The molecule has 2 aromatic carbocycles. The topological polar surface area (TPSA) is 61.8 Å². The second-order valence-electron chi connectivity index (χ2n) is 5.59. The highest BCUT2D eigenvalue weighted by atomic mass is 35.5. The molecule has 142 valence electrons. The Labute approximate surface area is 167 Å². The maximum absolute atomic E-state index is 11.9. The maximum atomic E-state index is 11.9. The molecule has 0 radical (unpaired) electrons. The van der Waals surface area contributed by atoms with Gasteiger partial charge in [0.1, 0.15) is 12.4 Å². The van der Waals surface area contributed by atoms with Crippen LogP contribution in [-0.2, 0) is 25.7 Å². The van der Waals surface area contributed by atoms with Gasteiger partial charge < -0.3 is 14.2 Å². The Balaban J connectivity index is 2.46. The van der Waals surface area contributed by atoms with Gasteiger partial charge in [0.25, 0.3) is 0 Å². The molecule has 0 fully saturated rings. The van der Waals surface area contributed by atoms with Gasteiger partial charge in [-0.2, -0.15) is 0 Å². The predicted octanol–water partition coefficient (Wildman–Crippen LogP) is 4.91. The fourth-order valence-electron chi connectivity index (χ4n) is 2.38. The van der Waals surface area contributed by atoms with Crippen LogP contribution in [0.2, 0.25) is 10.0 Å². The summed E-state index contributed by atoms with van der Waals surface area (Å²) in [7, 11) is 1.20. The fourth-order valence-corrected chi connectivity index (χ4v) is 2.95. The number of ether oxygens (including phenoxy) is 3. The van der Waals surface area contributed by atoms with Crippen molar-refractivity contribution in [3.63, 3.8) is 0 Å². The molecule has 0 aliphatic rings. The zero-order valence-corrected chi connectivity index (χ0v) is 16.3. The van der Waals surface area contributed by atoms with E-state index in [1.54, 1.807) is 0 Å². The van der Waals surface area contributed by atoms with Gasteiger partial charge in [0.2, 0.25) is 0 Å². The summed E-state index contributed by atoms with van der Waals surface area (Å²) in [5.74, 6) is -1.11. The minimum Gasteiger partial charge on any atom is -0.487 e. The van der Waals surface area contributed by atoms with Crippen molar-refractivity contribution in [2.24, 2.45) is 0 Å². The maximum Gasteiger partial charge on any atom is 0.337 e. The summed E-state index contributed by atoms with van der Waals surface area (Å²) in [6.07, 6.45) is -1.16. The molecule has 0 aliphatic heterocycles. The third-order valence-electron chi connectivity index (χ3n) is 3.59. The van der Waals surface area contributed by atoms with Crippen molar-refractivity contribution in [2.75, 3.05) is 7.11 Å². The van der Waals surface area contributed by atoms with E-state index in [0.717, 1.165) is 5.56 Å². The standard InChI is InChI=1S/C20H18Cl2O5/c1-12(20(24)25-3)18(27-13(2)23)16-9-15(21)10-17(22)19(16)26-11-14-7-5-4-6-8-14/h4-10,18H,1,11H2,2-3H3. The van der Waals surface area contributed by atoms with E-state index in [-0.39, 0.29) is 28.0 Å². The minimum absolute atomic E-state index is 0.0874. The number of hydrogen-bond donors (Lipinski definition) is 0. The first-order chi connectivity index (χ1) is 12.8. The van der Waals surface area contributed by atoms with E-state index in [9.17, 15) is 9.59 Å². The molecule has 0 saturated carbocycles. The largest absolute Gasteiger partial charge is 0.487 e. The average Bonchev–Trinajstić information content (AvgIpc) is 2.64. The van der Waals surface area contributed by atoms with E-state index >= 15 is 0 Å². The van der Waals surface area contributed by atoms with Crippen LogP contribution in [0.25, 0.3) is 0 Å². The molecule has 0 amide bonds. The molecule has 0 aromatic heterocycles. The smallest absolute Gasteiger partial charge is 0.337 e. The van der Waals surface area contributed by atoms with Crippen LogP contribution in [0.3, 0.4) is 0 Å². The molecule has 0 bridgehead atoms. The molecule has 0 aliphatic carbocycles. The molecule has 1 unspecified atom stereocenters. The summed E-state index contributed by atoms with van der Waals surface area (Å²) >= 11 is 12.4. The highest BCUT2D eigenvalue weighted by Crippen LogP contribution is 2.40. The van der Waals surface area contributed by atoms with Crippen molar-refractivity contribution in [3.8, 4) is 5.75 Å². The average molecular weight is 409 g/mol. The number of esters is 2. The molecule has 0 heterocycles. The lowest BCUT2D eigenvalue weighted by Crippen LogP contribution is -2.18. The van der Waals surface area contributed by atoms with Gasteiger partial charge in [-0.15, -0.1) is 0 Å². The Bertz CT molecular complexity index is 849. The Morgan fingerprint density at radius 1 is 1.15 bits per heavy atom. The minimum atomic E-state index is -1.16.